The number of likely N-dealkylation sites (tertiary alicyclic amines) is 1. The largest absolute Gasteiger partial charge is 0.358 e. The zero-order valence-corrected chi connectivity index (χ0v) is 10.6. The van der Waals surface area contributed by atoms with Gasteiger partial charge in [0.15, 0.2) is 0 Å². The highest BCUT2D eigenvalue weighted by atomic mass is 35.5. The van der Waals surface area contributed by atoms with Crippen LogP contribution in [0.25, 0.3) is 0 Å². The Labute approximate surface area is 99.0 Å². The topological polar surface area (TPSA) is 24.5 Å². The van der Waals surface area contributed by atoms with Crippen LogP contribution >= 0.6 is 12.4 Å². The van der Waals surface area contributed by atoms with Crippen LogP contribution in [0, 0.1) is 0 Å². The van der Waals surface area contributed by atoms with E-state index in [4.69, 9.17) is 4.74 Å². The van der Waals surface area contributed by atoms with Crippen molar-refractivity contribution in [3.63, 3.8) is 0 Å². The van der Waals surface area contributed by atoms with E-state index in [-0.39, 0.29) is 18.1 Å². The van der Waals surface area contributed by atoms with Gasteiger partial charge < -0.3 is 4.74 Å². The van der Waals surface area contributed by atoms with Crippen LogP contribution in [0.1, 0.15) is 33.1 Å². The van der Waals surface area contributed by atoms with Gasteiger partial charge in [0.05, 0.1) is 12.6 Å². The smallest absolute Gasteiger partial charge is 0.132 e. The molecule has 15 heavy (non-hydrogen) atoms. The predicted octanol–water partition coefficient (Wildman–Crippen LogP) is 1.62. The highest BCUT2D eigenvalue weighted by molar-refractivity contribution is 5.85. The molecule has 1 N–H and O–H groups in total. The quantitative estimate of drug-likeness (QED) is 0.786. The van der Waals surface area contributed by atoms with Crippen molar-refractivity contribution in [3.05, 3.63) is 0 Å². The monoisotopic (exact) mass is 234 g/mol. The van der Waals surface area contributed by atoms with E-state index in [0.717, 1.165) is 19.7 Å². The molecule has 0 aromatic rings. The minimum Gasteiger partial charge on any atom is -0.358 e. The molecule has 2 rings (SSSR count). The number of halogens is 1. The van der Waals surface area contributed by atoms with Gasteiger partial charge >= 0.3 is 0 Å². The van der Waals surface area contributed by atoms with Crippen molar-refractivity contribution in [1.82, 2.24) is 10.2 Å². The lowest BCUT2D eigenvalue weighted by Crippen LogP contribution is -2.58. The van der Waals surface area contributed by atoms with Crippen molar-refractivity contribution in [1.29, 1.82) is 0 Å². The molecule has 3 nitrogen and oxygen atoms in total. The number of ether oxygens (including phenoxy) is 1. The molecule has 2 heterocycles. The number of likely N-dealkylation sites (N-methyl/N-ethyl adjacent to an activating group) is 1. The van der Waals surface area contributed by atoms with Crippen LogP contribution in [-0.4, -0.2) is 42.9 Å². The summed E-state index contributed by atoms with van der Waals surface area (Å²) in [5, 5.41) is 3.50. The average molecular weight is 235 g/mol. The first-order chi connectivity index (χ1) is 6.76. The maximum atomic E-state index is 5.86. The lowest BCUT2D eigenvalue weighted by atomic mass is 9.94. The summed E-state index contributed by atoms with van der Waals surface area (Å²) in [6.07, 6.45) is 3.97. The van der Waals surface area contributed by atoms with Gasteiger partial charge in [-0.2, -0.15) is 0 Å². The standard InChI is InChI=1S/C11H22N2O.ClH/c1-3-13-8-5-4-6-10(13)11(2)12-7-9-14-11;/h10,12H,3-9H2,1-2H3;1H. The summed E-state index contributed by atoms with van der Waals surface area (Å²) in [6, 6.07) is 0.573. The van der Waals surface area contributed by atoms with E-state index in [2.05, 4.69) is 24.1 Å². The van der Waals surface area contributed by atoms with Crippen molar-refractivity contribution in [2.45, 2.75) is 44.9 Å². The molecule has 2 saturated heterocycles. The average Bonchev–Trinajstić information content (AvgIpc) is 2.66. The predicted molar refractivity (Wildman–Crippen MR) is 64.5 cm³/mol. The highest BCUT2D eigenvalue weighted by Crippen LogP contribution is 2.28. The molecular formula is C11H23ClN2O. The lowest BCUT2D eigenvalue weighted by molar-refractivity contribution is -0.0768. The summed E-state index contributed by atoms with van der Waals surface area (Å²) in [6.45, 7) is 8.71. The molecule has 90 valence electrons. The minimum absolute atomic E-state index is 0. The lowest BCUT2D eigenvalue weighted by Gasteiger charge is -2.43. The Balaban J connectivity index is 0.00000112. The van der Waals surface area contributed by atoms with Crippen LogP contribution in [0.15, 0.2) is 0 Å². The summed E-state index contributed by atoms with van der Waals surface area (Å²) in [5.74, 6) is 0. The number of hydrogen-bond donors (Lipinski definition) is 1. The van der Waals surface area contributed by atoms with Crippen molar-refractivity contribution < 1.29 is 4.74 Å². The summed E-state index contributed by atoms with van der Waals surface area (Å²) >= 11 is 0. The molecule has 0 amide bonds. The zero-order valence-electron chi connectivity index (χ0n) is 9.79. The number of nitrogens with zero attached hydrogens (tertiary/aromatic N) is 1. The van der Waals surface area contributed by atoms with E-state index >= 15 is 0 Å². The first-order valence-corrected chi connectivity index (χ1v) is 5.89. The Morgan fingerprint density at radius 3 is 2.87 bits per heavy atom. The maximum absolute atomic E-state index is 5.86. The first kappa shape index (κ1) is 13.2. The van der Waals surface area contributed by atoms with Gasteiger partial charge in [-0.15, -0.1) is 12.4 Å². The van der Waals surface area contributed by atoms with E-state index in [1.807, 2.05) is 0 Å². The molecular weight excluding hydrogens is 212 g/mol. The fourth-order valence-electron chi connectivity index (χ4n) is 2.82. The Morgan fingerprint density at radius 1 is 1.47 bits per heavy atom. The van der Waals surface area contributed by atoms with E-state index in [1.54, 1.807) is 0 Å². The summed E-state index contributed by atoms with van der Waals surface area (Å²) < 4.78 is 5.86. The number of nitrogens with one attached hydrogen (secondary N) is 1. The summed E-state index contributed by atoms with van der Waals surface area (Å²) in [5.41, 5.74) is -0.0869. The molecule has 0 aliphatic carbocycles. The molecule has 2 atom stereocenters. The first-order valence-electron chi connectivity index (χ1n) is 5.89. The van der Waals surface area contributed by atoms with Crippen molar-refractivity contribution >= 4 is 12.4 Å². The summed E-state index contributed by atoms with van der Waals surface area (Å²) in [4.78, 5) is 2.56. The molecule has 2 aliphatic rings. The second-order valence-corrected chi connectivity index (χ2v) is 4.52. The third kappa shape index (κ3) is 2.64. The third-order valence-corrected chi connectivity index (χ3v) is 3.64. The Morgan fingerprint density at radius 2 is 2.27 bits per heavy atom. The van der Waals surface area contributed by atoms with Crippen LogP contribution in [0.2, 0.25) is 0 Å². The van der Waals surface area contributed by atoms with Gasteiger partial charge in [-0.05, 0) is 32.9 Å². The van der Waals surface area contributed by atoms with Gasteiger partial charge in [0.25, 0.3) is 0 Å². The van der Waals surface area contributed by atoms with Crippen LogP contribution < -0.4 is 5.32 Å². The van der Waals surface area contributed by atoms with Crippen molar-refractivity contribution in [3.8, 4) is 0 Å². The summed E-state index contributed by atoms with van der Waals surface area (Å²) in [7, 11) is 0. The fourth-order valence-corrected chi connectivity index (χ4v) is 2.82. The molecule has 0 radical (unpaired) electrons. The van der Waals surface area contributed by atoms with E-state index in [9.17, 15) is 0 Å². The highest BCUT2D eigenvalue weighted by Gasteiger charge is 2.41. The molecule has 4 heteroatoms. The van der Waals surface area contributed by atoms with Crippen molar-refractivity contribution in [2.75, 3.05) is 26.2 Å². The minimum atomic E-state index is -0.0869. The Hall–Kier alpha value is 0.170. The van der Waals surface area contributed by atoms with E-state index in [0.29, 0.717) is 6.04 Å². The normalized spacial score (nSPS) is 37.6. The van der Waals surface area contributed by atoms with Gasteiger partial charge in [-0.3, -0.25) is 10.2 Å². The Bertz CT molecular complexity index is 195. The van der Waals surface area contributed by atoms with Crippen LogP contribution in [0.3, 0.4) is 0 Å². The molecule has 0 aromatic heterocycles. The maximum Gasteiger partial charge on any atom is 0.132 e. The van der Waals surface area contributed by atoms with E-state index in [1.165, 1.54) is 25.8 Å². The molecule has 0 aromatic carbocycles. The van der Waals surface area contributed by atoms with Crippen LogP contribution in [0.4, 0.5) is 0 Å². The van der Waals surface area contributed by atoms with Crippen molar-refractivity contribution in [2.24, 2.45) is 0 Å². The number of piperidine rings is 1. The second-order valence-electron chi connectivity index (χ2n) is 4.52. The number of hydrogen-bond acceptors (Lipinski definition) is 3. The molecule has 0 bridgehead atoms. The molecule has 0 saturated carbocycles. The molecule has 0 spiro atoms. The van der Waals surface area contributed by atoms with Gasteiger partial charge in [-0.25, -0.2) is 0 Å². The number of rotatable bonds is 2. The SMILES string of the molecule is CCN1CCCCC1C1(C)NCCO1.Cl. The Kier molecular flexibility index (Phi) is 4.84. The van der Waals surface area contributed by atoms with Crippen LogP contribution in [0.5, 0.6) is 0 Å². The van der Waals surface area contributed by atoms with Crippen LogP contribution in [-0.2, 0) is 4.74 Å². The van der Waals surface area contributed by atoms with Gasteiger partial charge in [0.1, 0.15) is 5.72 Å². The van der Waals surface area contributed by atoms with E-state index < -0.39 is 0 Å². The van der Waals surface area contributed by atoms with Gasteiger partial charge in [0.2, 0.25) is 0 Å². The van der Waals surface area contributed by atoms with Gasteiger partial charge in [-0.1, -0.05) is 13.3 Å². The fraction of sp³-hybridized carbons (Fsp3) is 1.00. The molecule has 2 aliphatic heterocycles. The molecule has 2 unspecified atom stereocenters. The third-order valence-electron chi connectivity index (χ3n) is 3.64. The molecule has 2 fully saturated rings. The zero-order chi connectivity index (χ0) is 10.0. The van der Waals surface area contributed by atoms with Gasteiger partial charge in [0, 0.05) is 6.54 Å². The second kappa shape index (κ2) is 5.48.